The number of hydrazone groups is 1. The van der Waals surface area contributed by atoms with Crippen LogP contribution in [0.2, 0.25) is 0 Å². The molecule has 2 heterocycles. The highest BCUT2D eigenvalue weighted by molar-refractivity contribution is 5.93. The standard InChI is InChI=1S/C9H8N4O3/c1-6-8(13-16-12-6)9(14)11-10-5-7-3-2-4-15-7/h2-5H,1H3,(H,11,14). The number of nitrogens with one attached hydrogen (secondary N) is 1. The summed E-state index contributed by atoms with van der Waals surface area (Å²) in [5.74, 6) is 0.0526. The van der Waals surface area contributed by atoms with Gasteiger partial charge in [-0.1, -0.05) is 5.16 Å². The van der Waals surface area contributed by atoms with Gasteiger partial charge in [0.25, 0.3) is 5.91 Å². The van der Waals surface area contributed by atoms with E-state index in [9.17, 15) is 4.79 Å². The summed E-state index contributed by atoms with van der Waals surface area (Å²) in [5, 5.41) is 10.6. The van der Waals surface area contributed by atoms with Crippen molar-refractivity contribution in [1.82, 2.24) is 15.7 Å². The first-order valence-electron chi connectivity index (χ1n) is 4.43. The molecule has 2 aromatic heterocycles. The van der Waals surface area contributed by atoms with Crippen molar-refractivity contribution in [3.8, 4) is 0 Å². The maximum atomic E-state index is 11.4. The van der Waals surface area contributed by atoms with E-state index in [1.54, 1.807) is 19.1 Å². The highest BCUT2D eigenvalue weighted by Gasteiger charge is 2.13. The molecule has 0 aliphatic carbocycles. The summed E-state index contributed by atoms with van der Waals surface area (Å²) < 4.78 is 9.37. The molecule has 1 N–H and O–H groups in total. The quantitative estimate of drug-likeness (QED) is 0.608. The highest BCUT2D eigenvalue weighted by Crippen LogP contribution is 1.99. The first kappa shape index (κ1) is 10.1. The molecule has 0 aliphatic heterocycles. The van der Waals surface area contributed by atoms with E-state index in [-0.39, 0.29) is 5.69 Å². The molecule has 16 heavy (non-hydrogen) atoms. The van der Waals surface area contributed by atoms with Crippen LogP contribution in [0.25, 0.3) is 0 Å². The Hall–Kier alpha value is -2.44. The van der Waals surface area contributed by atoms with Gasteiger partial charge in [0.1, 0.15) is 11.5 Å². The van der Waals surface area contributed by atoms with Gasteiger partial charge < -0.3 is 4.42 Å². The number of rotatable bonds is 3. The van der Waals surface area contributed by atoms with E-state index in [0.29, 0.717) is 11.5 Å². The van der Waals surface area contributed by atoms with Crippen molar-refractivity contribution in [2.24, 2.45) is 5.10 Å². The molecule has 0 saturated carbocycles. The summed E-state index contributed by atoms with van der Waals surface area (Å²) in [6.07, 6.45) is 2.88. The number of furan rings is 1. The lowest BCUT2D eigenvalue weighted by atomic mass is 10.3. The SMILES string of the molecule is Cc1nonc1C(=O)NN=Cc1ccco1. The molecule has 0 radical (unpaired) electrons. The number of carbonyl (C=O) groups is 1. The van der Waals surface area contributed by atoms with Gasteiger partial charge in [-0.2, -0.15) is 5.10 Å². The third kappa shape index (κ3) is 2.14. The van der Waals surface area contributed by atoms with Crippen LogP contribution >= 0.6 is 0 Å². The number of amides is 1. The molecule has 0 fully saturated rings. The van der Waals surface area contributed by atoms with E-state index in [2.05, 4.69) is 25.5 Å². The Kier molecular flexibility index (Phi) is 2.77. The van der Waals surface area contributed by atoms with Crippen LogP contribution in [0.15, 0.2) is 32.5 Å². The van der Waals surface area contributed by atoms with Crippen molar-refractivity contribution >= 4 is 12.1 Å². The third-order valence-electron chi connectivity index (χ3n) is 1.77. The van der Waals surface area contributed by atoms with Crippen LogP contribution in [0, 0.1) is 6.92 Å². The average Bonchev–Trinajstić information content (AvgIpc) is 2.88. The monoisotopic (exact) mass is 220 g/mol. The summed E-state index contributed by atoms with van der Waals surface area (Å²) in [6.45, 7) is 1.61. The molecule has 0 bridgehead atoms. The second-order valence-corrected chi connectivity index (χ2v) is 2.91. The zero-order chi connectivity index (χ0) is 11.4. The molecule has 0 spiro atoms. The maximum absolute atomic E-state index is 11.4. The maximum Gasteiger partial charge on any atom is 0.295 e. The number of nitrogens with zero attached hydrogens (tertiary/aromatic N) is 3. The van der Waals surface area contributed by atoms with E-state index < -0.39 is 5.91 Å². The number of hydrogen-bond acceptors (Lipinski definition) is 6. The zero-order valence-corrected chi connectivity index (χ0v) is 8.38. The molecule has 7 nitrogen and oxygen atoms in total. The minimum atomic E-state index is -0.485. The first-order valence-corrected chi connectivity index (χ1v) is 4.43. The zero-order valence-electron chi connectivity index (χ0n) is 8.38. The van der Waals surface area contributed by atoms with E-state index in [1.807, 2.05) is 0 Å². The molecule has 7 heteroatoms. The Morgan fingerprint density at radius 3 is 3.06 bits per heavy atom. The predicted octanol–water partition coefficient (Wildman–Crippen LogP) is 0.735. The second kappa shape index (κ2) is 4.39. The van der Waals surface area contributed by atoms with Crippen LogP contribution in [-0.4, -0.2) is 22.4 Å². The lowest BCUT2D eigenvalue weighted by molar-refractivity contribution is 0.0945. The lowest BCUT2D eigenvalue weighted by Crippen LogP contribution is -2.18. The van der Waals surface area contributed by atoms with E-state index >= 15 is 0 Å². The van der Waals surface area contributed by atoms with Crippen molar-refractivity contribution in [1.29, 1.82) is 0 Å². The minimum absolute atomic E-state index is 0.108. The predicted molar refractivity (Wildman–Crippen MR) is 52.8 cm³/mol. The Morgan fingerprint density at radius 1 is 1.56 bits per heavy atom. The fourth-order valence-corrected chi connectivity index (χ4v) is 1.01. The van der Waals surface area contributed by atoms with Crippen LogP contribution in [-0.2, 0) is 0 Å². The molecule has 82 valence electrons. The number of hydrogen-bond donors (Lipinski definition) is 1. The molecule has 0 aliphatic rings. The van der Waals surface area contributed by atoms with Crippen LogP contribution in [0.3, 0.4) is 0 Å². The Morgan fingerprint density at radius 2 is 2.44 bits per heavy atom. The summed E-state index contributed by atoms with van der Waals surface area (Å²) in [6, 6.07) is 3.42. The number of aryl methyl sites for hydroxylation is 1. The normalized spacial score (nSPS) is 10.8. The van der Waals surface area contributed by atoms with Gasteiger partial charge in [-0.05, 0) is 24.2 Å². The molecule has 0 saturated heterocycles. The fourth-order valence-electron chi connectivity index (χ4n) is 1.01. The van der Waals surface area contributed by atoms with Gasteiger partial charge in [0.05, 0.1) is 12.5 Å². The third-order valence-corrected chi connectivity index (χ3v) is 1.77. The van der Waals surface area contributed by atoms with E-state index in [4.69, 9.17) is 4.42 Å². The summed E-state index contributed by atoms with van der Waals surface area (Å²) in [4.78, 5) is 11.4. The van der Waals surface area contributed by atoms with E-state index in [0.717, 1.165) is 0 Å². The Balaban J connectivity index is 1.97. The highest BCUT2D eigenvalue weighted by atomic mass is 16.6. The number of carbonyl (C=O) groups excluding carboxylic acids is 1. The van der Waals surface area contributed by atoms with Gasteiger partial charge in [0, 0.05) is 0 Å². The van der Waals surface area contributed by atoms with Crippen LogP contribution in [0.4, 0.5) is 0 Å². The van der Waals surface area contributed by atoms with Gasteiger partial charge in [-0.3, -0.25) is 4.79 Å². The van der Waals surface area contributed by atoms with Crippen molar-refractivity contribution < 1.29 is 13.8 Å². The molecular formula is C9H8N4O3. The second-order valence-electron chi connectivity index (χ2n) is 2.91. The van der Waals surface area contributed by atoms with Crippen molar-refractivity contribution in [2.45, 2.75) is 6.92 Å². The van der Waals surface area contributed by atoms with Crippen molar-refractivity contribution in [3.63, 3.8) is 0 Å². The van der Waals surface area contributed by atoms with Crippen LogP contribution in [0.1, 0.15) is 21.9 Å². The molecule has 0 atom stereocenters. The van der Waals surface area contributed by atoms with Gasteiger partial charge in [0.2, 0.25) is 0 Å². The van der Waals surface area contributed by atoms with Gasteiger partial charge >= 0.3 is 0 Å². The topological polar surface area (TPSA) is 93.5 Å². The van der Waals surface area contributed by atoms with E-state index in [1.165, 1.54) is 12.5 Å². The Labute approximate surface area is 90.1 Å². The van der Waals surface area contributed by atoms with Crippen LogP contribution in [0.5, 0.6) is 0 Å². The fraction of sp³-hybridized carbons (Fsp3) is 0.111. The minimum Gasteiger partial charge on any atom is -0.463 e. The molecule has 0 unspecified atom stereocenters. The molecule has 0 aromatic carbocycles. The van der Waals surface area contributed by atoms with Gasteiger partial charge in [-0.25, -0.2) is 10.1 Å². The summed E-state index contributed by atoms with van der Waals surface area (Å²) in [5.41, 5.74) is 2.79. The number of aromatic nitrogens is 2. The Bertz CT molecular complexity index is 501. The largest absolute Gasteiger partial charge is 0.463 e. The smallest absolute Gasteiger partial charge is 0.295 e. The average molecular weight is 220 g/mol. The van der Waals surface area contributed by atoms with Crippen molar-refractivity contribution in [2.75, 3.05) is 0 Å². The van der Waals surface area contributed by atoms with Crippen LogP contribution < -0.4 is 5.43 Å². The van der Waals surface area contributed by atoms with Gasteiger partial charge in [-0.15, -0.1) is 0 Å². The molecular weight excluding hydrogens is 212 g/mol. The van der Waals surface area contributed by atoms with Gasteiger partial charge in [0.15, 0.2) is 5.69 Å². The molecule has 2 rings (SSSR count). The molecule has 1 amide bonds. The van der Waals surface area contributed by atoms with Crippen molar-refractivity contribution in [3.05, 3.63) is 35.5 Å². The summed E-state index contributed by atoms with van der Waals surface area (Å²) in [7, 11) is 0. The summed E-state index contributed by atoms with van der Waals surface area (Å²) >= 11 is 0. The lowest BCUT2D eigenvalue weighted by Gasteiger charge is -1.93. The first-order chi connectivity index (χ1) is 7.77. The molecule has 2 aromatic rings.